The molecule has 11 heteroatoms. The Kier molecular flexibility index (Phi) is 10.9. The molecule has 39 heavy (non-hydrogen) atoms. The number of hydrogen-bond acceptors (Lipinski definition) is 9. The lowest BCUT2D eigenvalue weighted by molar-refractivity contribution is -0.119. The third kappa shape index (κ3) is 8.84. The summed E-state index contributed by atoms with van der Waals surface area (Å²) in [4.78, 5) is 28.9. The van der Waals surface area contributed by atoms with Crippen molar-refractivity contribution in [1.82, 2.24) is 10.4 Å². The molecular formula is C28H29N5O5S. The fraction of sp³-hybridized carbons (Fsp3) is 0.250. The van der Waals surface area contributed by atoms with Gasteiger partial charge in [-0.05, 0) is 66.9 Å². The lowest BCUT2D eigenvalue weighted by Gasteiger charge is -2.11. The van der Waals surface area contributed by atoms with Crippen LogP contribution in [0.25, 0.3) is 0 Å². The number of amides is 2. The van der Waals surface area contributed by atoms with E-state index in [1.54, 1.807) is 37.4 Å². The van der Waals surface area contributed by atoms with E-state index in [0.717, 1.165) is 28.6 Å². The van der Waals surface area contributed by atoms with Gasteiger partial charge in [0.05, 0.1) is 31.2 Å². The standard InChI is InChI=1S/C28H29N5O5S/c1-18-6-5-7-22(10-18)32-26(34)16-38-24-9-8-20(12-25(24)37-4)14-30-33-27(35)17-39-28-23(13-29)21(15-36-3)11-19(2)31-28/h5-12,14H,15-17H2,1-4H3,(H,32,34)(H,33,35)/b30-14-. The third-order valence-electron chi connectivity index (χ3n) is 5.20. The molecule has 0 saturated carbocycles. The Morgan fingerprint density at radius 3 is 2.64 bits per heavy atom. The van der Waals surface area contributed by atoms with Gasteiger partial charge in [0, 0.05) is 18.5 Å². The lowest BCUT2D eigenvalue weighted by atomic mass is 10.1. The van der Waals surface area contributed by atoms with E-state index in [1.807, 2.05) is 32.0 Å². The van der Waals surface area contributed by atoms with Crippen LogP contribution in [-0.4, -0.2) is 49.6 Å². The highest BCUT2D eigenvalue weighted by Gasteiger charge is 2.14. The molecule has 0 unspecified atom stereocenters. The van der Waals surface area contributed by atoms with Crippen LogP contribution >= 0.6 is 11.8 Å². The second-order valence-electron chi connectivity index (χ2n) is 8.35. The first-order chi connectivity index (χ1) is 18.8. The van der Waals surface area contributed by atoms with Crippen LogP contribution in [0.5, 0.6) is 11.5 Å². The summed E-state index contributed by atoms with van der Waals surface area (Å²) in [5.74, 6) is 0.164. The molecule has 1 heterocycles. The number of methoxy groups -OCH3 is 2. The Morgan fingerprint density at radius 2 is 1.92 bits per heavy atom. The fourth-order valence-corrected chi connectivity index (χ4v) is 4.36. The molecule has 2 amide bonds. The number of nitrogens with one attached hydrogen (secondary N) is 2. The molecule has 1 aromatic heterocycles. The monoisotopic (exact) mass is 547 g/mol. The minimum absolute atomic E-state index is 0.0234. The van der Waals surface area contributed by atoms with E-state index >= 15 is 0 Å². The number of ether oxygens (including phenoxy) is 3. The largest absolute Gasteiger partial charge is 0.493 e. The average molecular weight is 548 g/mol. The van der Waals surface area contributed by atoms with Crippen LogP contribution in [0.2, 0.25) is 0 Å². The fourth-order valence-electron chi connectivity index (χ4n) is 3.50. The van der Waals surface area contributed by atoms with Crippen molar-refractivity contribution in [3.63, 3.8) is 0 Å². The maximum atomic E-state index is 12.3. The summed E-state index contributed by atoms with van der Waals surface area (Å²) >= 11 is 1.15. The number of rotatable bonds is 12. The molecule has 2 N–H and O–H groups in total. The van der Waals surface area contributed by atoms with E-state index in [9.17, 15) is 14.9 Å². The van der Waals surface area contributed by atoms with Gasteiger partial charge >= 0.3 is 0 Å². The highest BCUT2D eigenvalue weighted by molar-refractivity contribution is 8.00. The maximum absolute atomic E-state index is 12.3. The molecule has 0 spiro atoms. The summed E-state index contributed by atoms with van der Waals surface area (Å²) in [5, 5.41) is 16.8. The predicted octanol–water partition coefficient (Wildman–Crippen LogP) is 3.99. The van der Waals surface area contributed by atoms with Crippen molar-refractivity contribution in [1.29, 1.82) is 5.26 Å². The number of carbonyl (C=O) groups excluding carboxylic acids is 2. The van der Waals surface area contributed by atoms with Crippen LogP contribution in [0.15, 0.2) is 58.7 Å². The molecule has 3 aromatic rings. The van der Waals surface area contributed by atoms with Crippen molar-refractivity contribution in [2.45, 2.75) is 25.5 Å². The van der Waals surface area contributed by atoms with Crippen LogP contribution in [0.1, 0.15) is 27.9 Å². The highest BCUT2D eigenvalue weighted by atomic mass is 32.2. The number of hydrogen-bond donors (Lipinski definition) is 2. The zero-order valence-electron chi connectivity index (χ0n) is 22.1. The molecule has 0 fully saturated rings. The normalized spacial score (nSPS) is 10.6. The zero-order valence-corrected chi connectivity index (χ0v) is 22.9. The number of thioether (sulfide) groups is 1. The summed E-state index contributed by atoms with van der Waals surface area (Å²) in [7, 11) is 3.04. The number of nitrogens with zero attached hydrogens (tertiary/aromatic N) is 3. The Labute approximate surface area is 231 Å². The van der Waals surface area contributed by atoms with Gasteiger partial charge in [-0.1, -0.05) is 23.9 Å². The second kappa shape index (κ2) is 14.5. The van der Waals surface area contributed by atoms with E-state index in [0.29, 0.717) is 33.3 Å². The van der Waals surface area contributed by atoms with Crippen LogP contribution < -0.4 is 20.2 Å². The van der Waals surface area contributed by atoms with Gasteiger partial charge in [-0.15, -0.1) is 0 Å². The summed E-state index contributed by atoms with van der Waals surface area (Å²) in [6.07, 6.45) is 1.46. The van der Waals surface area contributed by atoms with Crippen molar-refractivity contribution >= 4 is 35.5 Å². The maximum Gasteiger partial charge on any atom is 0.262 e. The van der Waals surface area contributed by atoms with E-state index < -0.39 is 0 Å². The Hall–Kier alpha value is -4.40. The molecule has 10 nitrogen and oxygen atoms in total. The SMILES string of the molecule is COCc1cc(C)nc(SCC(=O)N/N=C\c2ccc(OCC(=O)Nc3cccc(C)c3)c(OC)c2)c1C#N. The van der Waals surface area contributed by atoms with Crippen molar-refractivity contribution in [2.24, 2.45) is 5.10 Å². The second-order valence-corrected chi connectivity index (χ2v) is 9.31. The van der Waals surface area contributed by atoms with Crippen molar-refractivity contribution in [3.8, 4) is 17.6 Å². The zero-order chi connectivity index (χ0) is 28.2. The van der Waals surface area contributed by atoms with Crippen molar-refractivity contribution in [3.05, 3.63) is 76.5 Å². The topological polar surface area (TPSA) is 135 Å². The first-order valence-corrected chi connectivity index (χ1v) is 12.8. The Morgan fingerprint density at radius 1 is 1.10 bits per heavy atom. The lowest BCUT2D eigenvalue weighted by Crippen LogP contribution is -2.20. The molecule has 0 bridgehead atoms. The smallest absolute Gasteiger partial charge is 0.262 e. The molecule has 0 radical (unpaired) electrons. The van der Waals surface area contributed by atoms with Gasteiger partial charge < -0.3 is 19.5 Å². The number of benzene rings is 2. The van der Waals surface area contributed by atoms with Crippen LogP contribution in [-0.2, 0) is 20.9 Å². The Balaban J connectivity index is 1.53. The van der Waals surface area contributed by atoms with Crippen LogP contribution in [0, 0.1) is 25.2 Å². The minimum Gasteiger partial charge on any atom is -0.493 e. The molecule has 3 rings (SSSR count). The van der Waals surface area contributed by atoms with E-state index in [1.165, 1.54) is 13.3 Å². The molecular weight excluding hydrogens is 518 g/mol. The van der Waals surface area contributed by atoms with E-state index in [-0.39, 0.29) is 30.8 Å². The highest BCUT2D eigenvalue weighted by Crippen LogP contribution is 2.28. The van der Waals surface area contributed by atoms with E-state index in [2.05, 4.69) is 26.9 Å². The van der Waals surface area contributed by atoms with Crippen molar-refractivity contribution < 1.29 is 23.8 Å². The molecule has 202 valence electrons. The van der Waals surface area contributed by atoms with Crippen LogP contribution in [0.3, 0.4) is 0 Å². The Bertz CT molecular complexity index is 1400. The molecule has 2 aromatic carbocycles. The first-order valence-electron chi connectivity index (χ1n) is 11.8. The summed E-state index contributed by atoms with van der Waals surface area (Å²) in [5.41, 5.74) is 6.69. The number of aromatic nitrogens is 1. The summed E-state index contributed by atoms with van der Waals surface area (Å²) in [6.45, 7) is 3.85. The number of aryl methyl sites for hydroxylation is 2. The number of hydrazone groups is 1. The van der Waals surface area contributed by atoms with Gasteiger partial charge in [0.15, 0.2) is 18.1 Å². The van der Waals surface area contributed by atoms with Gasteiger partial charge in [-0.3, -0.25) is 9.59 Å². The number of nitriles is 1. The number of anilines is 1. The van der Waals surface area contributed by atoms with Gasteiger partial charge in [-0.25, -0.2) is 10.4 Å². The average Bonchev–Trinajstić information content (AvgIpc) is 2.91. The molecule has 0 saturated heterocycles. The number of carbonyl (C=O) groups is 2. The first kappa shape index (κ1) is 29.2. The number of pyridine rings is 1. The third-order valence-corrected chi connectivity index (χ3v) is 6.17. The van der Waals surface area contributed by atoms with Gasteiger partial charge in [0.25, 0.3) is 5.91 Å². The van der Waals surface area contributed by atoms with Gasteiger partial charge in [0.1, 0.15) is 11.1 Å². The summed E-state index contributed by atoms with van der Waals surface area (Å²) in [6, 6.07) is 16.5. The molecule has 0 aliphatic heterocycles. The molecule has 0 atom stereocenters. The summed E-state index contributed by atoms with van der Waals surface area (Å²) < 4.78 is 16.2. The predicted molar refractivity (Wildman–Crippen MR) is 149 cm³/mol. The van der Waals surface area contributed by atoms with Crippen molar-refractivity contribution in [2.75, 3.05) is 31.9 Å². The van der Waals surface area contributed by atoms with Gasteiger partial charge in [-0.2, -0.15) is 10.4 Å². The van der Waals surface area contributed by atoms with Gasteiger partial charge in [0.2, 0.25) is 5.91 Å². The van der Waals surface area contributed by atoms with E-state index in [4.69, 9.17) is 14.2 Å². The van der Waals surface area contributed by atoms with Crippen LogP contribution in [0.4, 0.5) is 5.69 Å². The molecule has 0 aliphatic carbocycles. The minimum atomic E-state index is -0.358. The quantitative estimate of drug-likeness (QED) is 0.197. The molecule has 0 aliphatic rings.